The van der Waals surface area contributed by atoms with E-state index in [-0.39, 0.29) is 0 Å². The van der Waals surface area contributed by atoms with E-state index in [2.05, 4.69) is 35.7 Å². The van der Waals surface area contributed by atoms with Crippen molar-refractivity contribution in [3.05, 3.63) is 17.2 Å². The fourth-order valence-electron chi connectivity index (χ4n) is 2.47. The van der Waals surface area contributed by atoms with Crippen LogP contribution in [0.2, 0.25) is 0 Å². The Bertz CT molecular complexity index is 381. The van der Waals surface area contributed by atoms with Crippen LogP contribution in [0.3, 0.4) is 0 Å². The number of likely N-dealkylation sites (N-methyl/N-ethyl adjacent to an activating group) is 1. The van der Waals surface area contributed by atoms with Crippen molar-refractivity contribution in [1.82, 2.24) is 19.8 Å². The van der Waals surface area contributed by atoms with Gasteiger partial charge in [-0.25, -0.2) is 4.98 Å². The average Bonchev–Trinajstić information content (AvgIpc) is 2.56. The molecule has 1 aromatic rings. The molecule has 96 valence electrons. The van der Waals surface area contributed by atoms with E-state index in [1.807, 2.05) is 7.05 Å². The number of nitrogens with one attached hydrogen (secondary N) is 1. The standard InChI is InChI=1S/C13H24N4/c1-10(2)7-13-15-11(8-14-3)12-9-16(4)5-6-17(12)13/h10,14H,5-9H2,1-4H3. The lowest BCUT2D eigenvalue weighted by Crippen LogP contribution is -2.31. The van der Waals surface area contributed by atoms with Crippen LogP contribution in [-0.4, -0.2) is 35.1 Å². The van der Waals surface area contributed by atoms with Crippen molar-refractivity contribution in [2.24, 2.45) is 5.92 Å². The molecule has 2 rings (SSSR count). The molecule has 0 amide bonds. The maximum atomic E-state index is 4.83. The molecule has 4 nitrogen and oxygen atoms in total. The van der Waals surface area contributed by atoms with Crippen LogP contribution in [0.5, 0.6) is 0 Å². The third-order valence-corrected chi connectivity index (χ3v) is 3.29. The number of rotatable bonds is 4. The van der Waals surface area contributed by atoms with Gasteiger partial charge in [0.1, 0.15) is 5.82 Å². The molecule has 0 bridgehead atoms. The van der Waals surface area contributed by atoms with E-state index < -0.39 is 0 Å². The zero-order valence-corrected chi connectivity index (χ0v) is 11.5. The minimum Gasteiger partial charge on any atom is -0.329 e. The van der Waals surface area contributed by atoms with Crippen LogP contribution in [0.1, 0.15) is 31.1 Å². The van der Waals surface area contributed by atoms with Gasteiger partial charge in [0.05, 0.1) is 11.4 Å². The van der Waals surface area contributed by atoms with Gasteiger partial charge in [0.2, 0.25) is 0 Å². The molecule has 0 aliphatic carbocycles. The number of nitrogens with zero attached hydrogens (tertiary/aromatic N) is 3. The SMILES string of the molecule is CNCc1nc(CC(C)C)n2c1CN(C)CC2. The third kappa shape index (κ3) is 2.69. The Balaban J connectivity index is 2.31. The van der Waals surface area contributed by atoms with Gasteiger partial charge in [-0.05, 0) is 20.0 Å². The molecule has 1 N–H and O–H groups in total. The highest BCUT2D eigenvalue weighted by Crippen LogP contribution is 2.20. The molecule has 0 unspecified atom stereocenters. The Labute approximate surface area is 104 Å². The largest absolute Gasteiger partial charge is 0.329 e. The molecule has 0 spiro atoms. The van der Waals surface area contributed by atoms with Crippen LogP contribution in [0, 0.1) is 5.92 Å². The Morgan fingerprint density at radius 2 is 2.12 bits per heavy atom. The van der Waals surface area contributed by atoms with Crippen molar-refractivity contribution in [3.8, 4) is 0 Å². The summed E-state index contributed by atoms with van der Waals surface area (Å²) < 4.78 is 2.44. The summed E-state index contributed by atoms with van der Waals surface area (Å²) in [4.78, 5) is 7.20. The quantitative estimate of drug-likeness (QED) is 0.854. The second kappa shape index (κ2) is 5.19. The van der Waals surface area contributed by atoms with Crippen LogP contribution in [0.4, 0.5) is 0 Å². The van der Waals surface area contributed by atoms with Crippen LogP contribution in [0.25, 0.3) is 0 Å². The van der Waals surface area contributed by atoms with Crippen molar-refractivity contribution in [2.45, 2.75) is 39.9 Å². The lowest BCUT2D eigenvalue weighted by Gasteiger charge is -2.26. The molecule has 0 atom stereocenters. The summed E-state index contributed by atoms with van der Waals surface area (Å²) in [6.07, 6.45) is 1.08. The van der Waals surface area contributed by atoms with Gasteiger partial charge in [-0.15, -0.1) is 0 Å². The lowest BCUT2D eigenvalue weighted by molar-refractivity contribution is 0.265. The Kier molecular flexibility index (Phi) is 3.84. The van der Waals surface area contributed by atoms with Gasteiger partial charge in [-0.2, -0.15) is 0 Å². The van der Waals surface area contributed by atoms with Crippen LogP contribution < -0.4 is 5.32 Å². The zero-order chi connectivity index (χ0) is 12.4. The monoisotopic (exact) mass is 236 g/mol. The smallest absolute Gasteiger partial charge is 0.109 e. The highest BCUT2D eigenvalue weighted by molar-refractivity contribution is 5.19. The number of hydrogen-bond acceptors (Lipinski definition) is 3. The fraction of sp³-hybridized carbons (Fsp3) is 0.769. The first-order chi connectivity index (χ1) is 8.11. The first kappa shape index (κ1) is 12.6. The van der Waals surface area contributed by atoms with E-state index in [1.54, 1.807) is 0 Å². The Morgan fingerprint density at radius 3 is 2.76 bits per heavy atom. The van der Waals surface area contributed by atoms with E-state index in [1.165, 1.54) is 17.2 Å². The predicted octanol–water partition coefficient (Wildman–Crippen LogP) is 1.25. The van der Waals surface area contributed by atoms with Gasteiger partial charge in [0, 0.05) is 32.6 Å². The normalized spacial score (nSPS) is 16.5. The molecule has 0 aromatic carbocycles. The van der Waals surface area contributed by atoms with E-state index >= 15 is 0 Å². The summed E-state index contributed by atoms with van der Waals surface area (Å²) in [5.41, 5.74) is 2.64. The van der Waals surface area contributed by atoms with Crippen molar-refractivity contribution >= 4 is 0 Å². The zero-order valence-electron chi connectivity index (χ0n) is 11.5. The van der Waals surface area contributed by atoms with Crippen LogP contribution in [0.15, 0.2) is 0 Å². The van der Waals surface area contributed by atoms with E-state index in [4.69, 9.17) is 4.98 Å². The van der Waals surface area contributed by atoms with Crippen molar-refractivity contribution in [2.75, 3.05) is 20.6 Å². The molecule has 2 heterocycles. The van der Waals surface area contributed by atoms with E-state index in [0.29, 0.717) is 5.92 Å². The van der Waals surface area contributed by atoms with Gasteiger partial charge in [0.15, 0.2) is 0 Å². The molecular formula is C13H24N4. The average molecular weight is 236 g/mol. The summed E-state index contributed by atoms with van der Waals surface area (Å²) in [7, 11) is 4.17. The van der Waals surface area contributed by atoms with Crippen molar-refractivity contribution < 1.29 is 0 Å². The molecule has 0 radical (unpaired) electrons. The molecule has 1 aliphatic heterocycles. The lowest BCUT2D eigenvalue weighted by atomic mass is 10.1. The fourth-order valence-corrected chi connectivity index (χ4v) is 2.47. The summed E-state index contributed by atoms with van der Waals surface area (Å²) in [6, 6.07) is 0. The first-order valence-corrected chi connectivity index (χ1v) is 6.52. The van der Waals surface area contributed by atoms with Gasteiger partial charge in [-0.1, -0.05) is 13.8 Å². The first-order valence-electron chi connectivity index (χ1n) is 6.52. The number of imidazole rings is 1. The van der Waals surface area contributed by atoms with Crippen molar-refractivity contribution in [1.29, 1.82) is 0 Å². The topological polar surface area (TPSA) is 33.1 Å². The maximum Gasteiger partial charge on any atom is 0.109 e. The molecule has 0 saturated heterocycles. The Morgan fingerprint density at radius 1 is 1.35 bits per heavy atom. The van der Waals surface area contributed by atoms with Gasteiger partial charge in [0.25, 0.3) is 0 Å². The van der Waals surface area contributed by atoms with Crippen molar-refractivity contribution in [3.63, 3.8) is 0 Å². The van der Waals surface area contributed by atoms with Crippen LogP contribution in [-0.2, 0) is 26.1 Å². The molecule has 1 aromatic heterocycles. The maximum absolute atomic E-state index is 4.83. The second-order valence-corrected chi connectivity index (χ2v) is 5.44. The summed E-state index contributed by atoms with van der Waals surface area (Å²) >= 11 is 0. The second-order valence-electron chi connectivity index (χ2n) is 5.44. The minimum absolute atomic E-state index is 0.670. The number of aromatic nitrogens is 2. The minimum atomic E-state index is 0.670. The van der Waals surface area contributed by atoms with Gasteiger partial charge in [-0.3, -0.25) is 4.90 Å². The molecule has 0 saturated carbocycles. The summed E-state index contributed by atoms with van der Waals surface area (Å²) in [6.45, 7) is 8.64. The number of hydrogen-bond donors (Lipinski definition) is 1. The van der Waals surface area contributed by atoms with Gasteiger partial charge >= 0.3 is 0 Å². The predicted molar refractivity (Wildman–Crippen MR) is 69.9 cm³/mol. The van der Waals surface area contributed by atoms with Crippen LogP contribution >= 0.6 is 0 Å². The molecular weight excluding hydrogens is 212 g/mol. The highest BCUT2D eigenvalue weighted by Gasteiger charge is 2.21. The molecule has 0 fully saturated rings. The molecule has 4 heteroatoms. The summed E-state index contributed by atoms with van der Waals surface area (Å²) in [5.74, 6) is 1.94. The third-order valence-electron chi connectivity index (χ3n) is 3.29. The Hall–Kier alpha value is -0.870. The van der Waals surface area contributed by atoms with E-state index in [0.717, 1.165) is 32.6 Å². The van der Waals surface area contributed by atoms with Gasteiger partial charge < -0.3 is 9.88 Å². The highest BCUT2D eigenvalue weighted by atomic mass is 15.2. The summed E-state index contributed by atoms with van der Waals surface area (Å²) in [5, 5.41) is 3.22. The van der Waals surface area contributed by atoms with E-state index in [9.17, 15) is 0 Å². The number of fused-ring (bicyclic) bond motifs is 1. The molecule has 17 heavy (non-hydrogen) atoms. The molecule has 1 aliphatic rings.